The SMILES string of the molecule is C1=CC2=[N+](c3ccccc3)c3ccccc3N3c4c(ccc5c4oc4ccccc45)C(=C1)C23. The van der Waals surface area contributed by atoms with Crippen molar-refractivity contribution < 1.29 is 4.42 Å². The van der Waals surface area contributed by atoms with Crippen molar-refractivity contribution in [2.75, 3.05) is 4.90 Å². The van der Waals surface area contributed by atoms with Gasteiger partial charge in [0.15, 0.2) is 5.58 Å². The summed E-state index contributed by atoms with van der Waals surface area (Å²) < 4.78 is 8.91. The summed E-state index contributed by atoms with van der Waals surface area (Å²) in [6.45, 7) is 0. The average Bonchev–Trinajstić information content (AvgIpc) is 3.42. The molecule has 0 amide bonds. The summed E-state index contributed by atoms with van der Waals surface area (Å²) >= 11 is 0. The number of hydrogen-bond donors (Lipinski definition) is 0. The minimum absolute atomic E-state index is 0.110. The van der Waals surface area contributed by atoms with Crippen LogP contribution in [0.15, 0.2) is 114 Å². The lowest BCUT2D eigenvalue weighted by molar-refractivity contribution is 0.668. The second kappa shape index (κ2) is 6.11. The van der Waals surface area contributed by atoms with Crippen LogP contribution in [0.3, 0.4) is 0 Å². The number of nitrogens with zero attached hydrogens (tertiary/aromatic N) is 2. The molecule has 3 heterocycles. The first-order valence-electron chi connectivity index (χ1n) is 11.3. The molecule has 1 unspecified atom stereocenters. The summed E-state index contributed by atoms with van der Waals surface area (Å²) in [5, 5.41) is 2.33. The zero-order valence-corrected chi connectivity index (χ0v) is 17.8. The molecule has 0 N–H and O–H groups in total. The molecule has 2 aliphatic heterocycles. The summed E-state index contributed by atoms with van der Waals surface area (Å²) in [6.07, 6.45) is 6.70. The van der Waals surface area contributed by atoms with Gasteiger partial charge in [0.2, 0.25) is 17.1 Å². The largest absolute Gasteiger partial charge is 0.454 e. The number of para-hydroxylation sites is 4. The Bertz CT molecular complexity index is 1720. The van der Waals surface area contributed by atoms with Crippen LogP contribution in [0, 0.1) is 0 Å². The van der Waals surface area contributed by atoms with Crippen molar-refractivity contribution in [3.63, 3.8) is 0 Å². The van der Waals surface area contributed by atoms with Crippen molar-refractivity contribution in [3.8, 4) is 0 Å². The van der Waals surface area contributed by atoms with E-state index in [4.69, 9.17) is 4.42 Å². The van der Waals surface area contributed by atoms with E-state index in [0.29, 0.717) is 0 Å². The Hall–Kier alpha value is -4.37. The normalized spacial score (nSPS) is 17.9. The average molecular weight is 423 g/mol. The van der Waals surface area contributed by atoms with Gasteiger partial charge < -0.3 is 9.32 Å². The highest BCUT2D eigenvalue weighted by molar-refractivity contribution is 6.24. The molecule has 1 aromatic heterocycles. The third-order valence-electron chi connectivity index (χ3n) is 7.10. The smallest absolute Gasteiger partial charge is 0.235 e. The van der Waals surface area contributed by atoms with Crippen LogP contribution in [-0.4, -0.2) is 11.8 Å². The van der Waals surface area contributed by atoms with E-state index < -0.39 is 0 Å². The summed E-state index contributed by atoms with van der Waals surface area (Å²) in [4.78, 5) is 2.49. The van der Waals surface area contributed by atoms with Crippen LogP contribution in [0.2, 0.25) is 0 Å². The predicted octanol–water partition coefficient (Wildman–Crippen LogP) is 7.35. The number of anilines is 2. The molecule has 0 saturated heterocycles. The van der Waals surface area contributed by atoms with E-state index >= 15 is 0 Å². The van der Waals surface area contributed by atoms with Gasteiger partial charge in [0.25, 0.3) is 0 Å². The standard InChI is InChI=1S/C30H19N2O/c1-2-9-19(10-3-1)31-24-13-5-6-14-25(24)32-28-21(12-8-15-26(28)31)22-17-18-23-20-11-4-7-16-27(20)33-30(23)29(22)32/h1-18,28H/q+1. The number of benzene rings is 4. The predicted molar refractivity (Wildman–Crippen MR) is 136 cm³/mol. The van der Waals surface area contributed by atoms with Gasteiger partial charge in [-0.2, -0.15) is 4.58 Å². The summed E-state index contributed by atoms with van der Waals surface area (Å²) in [7, 11) is 0. The maximum Gasteiger partial charge on any atom is 0.235 e. The Morgan fingerprint density at radius 2 is 1.58 bits per heavy atom. The van der Waals surface area contributed by atoms with Crippen LogP contribution in [0.5, 0.6) is 0 Å². The first kappa shape index (κ1) is 17.2. The minimum atomic E-state index is 0.110. The van der Waals surface area contributed by atoms with E-state index in [2.05, 4.69) is 113 Å². The van der Waals surface area contributed by atoms with E-state index in [1.165, 1.54) is 45.0 Å². The Kier molecular flexibility index (Phi) is 3.19. The quantitative estimate of drug-likeness (QED) is 0.263. The summed E-state index contributed by atoms with van der Waals surface area (Å²) in [6, 6.07) is 32.3. The van der Waals surface area contributed by atoms with Crippen LogP contribution in [0.4, 0.5) is 22.7 Å². The van der Waals surface area contributed by atoms with E-state index in [-0.39, 0.29) is 6.04 Å². The fourth-order valence-corrected chi connectivity index (χ4v) is 5.79. The molecule has 0 saturated carbocycles. The first-order valence-corrected chi connectivity index (χ1v) is 11.3. The second-order valence-corrected chi connectivity index (χ2v) is 8.77. The molecule has 1 aliphatic carbocycles. The zero-order chi connectivity index (χ0) is 21.5. The third-order valence-corrected chi connectivity index (χ3v) is 7.10. The highest BCUT2D eigenvalue weighted by atomic mass is 16.3. The lowest BCUT2D eigenvalue weighted by Gasteiger charge is -2.32. The van der Waals surface area contributed by atoms with Crippen molar-refractivity contribution in [2.45, 2.75) is 6.04 Å². The molecule has 4 aromatic carbocycles. The minimum Gasteiger partial charge on any atom is -0.454 e. The molecule has 3 aliphatic rings. The Labute approximate surface area is 190 Å². The topological polar surface area (TPSA) is 19.4 Å². The second-order valence-electron chi connectivity index (χ2n) is 8.77. The molecular formula is C30H19N2O+. The van der Waals surface area contributed by atoms with Crippen molar-refractivity contribution >= 4 is 56.0 Å². The van der Waals surface area contributed by atoms with E-state index in [9.17, 15) is 0 Å². The fourth-order valence-electron chi connectivity index (χ4n) is 5.79. The van der Waals surface area contributed by atoms with Crippen LogP contribution < -0.4 is 9.48 Å². The molecule has 0 bridgehead atoms. The van der Waals surface area contributed by atoms with E-state index in [0.717, 1.165) is 16.6 Å². The fraction of sp³-hybridized carbons (Fsp3) is 0.0333. The number of fused-ring (bicyclic) bond motifs is 9. The molecule has 8 rings (SSSR count). The summed E-state index contributed by atoms with van der Waals surface area (Å²) in [5.74, 6) is 0. The monoisotopic (exact) mass is 423 g/mol. The number of furan rings is 1. The molecular weight excluding hydrogens is 404 g/mol. The molecule has 0 fully saturated rings. The molecule has 5 aromatic rings. The molecule has 33 heavy (non-hydrogen) atoms. The molecule has 154 valence electrons. The van der Waals surface area contributed by atoms with Gasteiger partial charge in [0, 0.05) is 40.6 Å². The lowest BCUT2D eigenvalue weighted by atomic mass is 9.92. The highest BCUT2D eigenvalue weighted by Crippen LogP contribution is 2.55. The highest BCUT2D eigenvalue weighted by Gasteiger charge is 2.49. The lowest BCUT2D eigenvalue weighted by Crippen LogP contribution is -2.43. The Balaban J connectivity index is 1.51. The van der Waals surface area contributed by atoms with Gasteiger partial charge in [-0.05, 0) is 23.8 Å². The number of allylic oxidation sites excluding steroid dienone is 2. The third kappa shape index (κ3) is 2.12. The van der Waals surface area contributed by atoms with Crippen molar-refractivity contribution in [3.05, 3.63) is 115 Å². The van der Waals surface area contributed by atoms with Crippen molar-refractivity contribution in [1.29, 1.82) is 0 Å². The van der Waals surface area contributed by atoms with Crippen molar-refractivity contribution in [1.82, 2.24) is 4.58 Å². The molecule has 3 heteroatoms. The first-order chi connectivity index (χ1) is 16.4. The van der Waals surface area contributed by atoms with Crippen molar-refractivity contribution in [2.24, 2.45) is 0 Å². The van der Waals surface area contributed by atoms with Gasteiger partial charge in [-0.15, -0.1) is 0 Å². The Morgan fingerprint density at radius 3 is 2.52 bits per heavy atom. The van der Waals surface area contributed by atoms with Crippen LogP contribution in [0.1, 0.15) is 5.56 Å². The molecule has 3 nitrogen and oxygen atoms in total. The maximum absolute atomic E-state index is 6.51. The number of hydrogen-bond acceptors (Lipinski definition) is 2. The Morgan fingerprint density at radius 1 is 0.758 bits per heavy atom. The van der Waals surface area contributed by atoms with Crippen LogP contribution in [0.25, 0.3) is 27.5 Å². The van der Waals surface area contributed by atoms with Gasteiger partial charge in [-0.25, -0.2) is 0 Å². The van der Waals surface area contributed by atoms with Gasteiger partial charge in [0.05, 0.1) is 5.69 Å². The van der Waals surface area contributed by atoms with Crippen LogP contribution in [-0.2, 0) is 0 Å². The van der Waals surface area contributed by atoms with Crippen LogP contribution >= 0.6 is 0 Å². The van der Waals surface area contributed by atoms with E-state index in [1.54, 1.807) is 0 Å². The number of rotatable bonds is 1. The molecule has 0 radical (unpaired) electrons. The molecule has 0 spiro atoms. The van der Waals surface area contributed by atoms with Gasteiger partial charge in [0.1, 0.15) is 17.3 Å². The summed E-state index contributed by atoms with van der Waals surface area (Å²) in [5.41, 5.74) is 10.5. The van der Waals surface area contributed by atoms with Gasteiger partial charge in [-0.1, -0.05) is 66.7 Å². The zero-order valence-electron chi connectivity index (χ0n) is 17.8. The van der Waals surface area contributed by atoms with E-state index in [1.807, 2.05) is 6.07 Å². The van der Waals surface area contributed by atoms with Gasteiger partial charge in [-0.3, -0.25) is 0 Å². The maximum atomic E-state index is 6.51. The van der Waals surface area contributed by atoms with Gasteiger partial charge >= 0.3 is 0 Å². The molecule has 1 atom stereocenters.